The molecule has 0 spiro atoms. The monoisotopic (exact) mass is 267 g/mol. The molecule has 0 saturated carbocycles. The molecular formula is C12H17N3O4. The summed E-state index contributed by atoms with van der Waals surface area (Å²) in [5.41, 5.74) is 4.01. The zero-order chi connectivity index (χ0) is 14.6. The van der Waals surface area contributed by atoms with Crippen LogP contribution in [0.4, 0.5) is 5.69 Å². The summed E-state index contributed by atoms with van der Waals surface area (Å²) in [6.07, 6.45) is -0.527. The number of nitro groups is 1. The van der Waals surface area contributed by atoms with Crippen molar-refractivity contribution in [2.75, 3.05) is 0 Å². The first-order valence-electron chi connectivity index (χ1n) is 5.73. The second kappa shape index (κ2) is 5.66. The zero-order valence-electron chi connectivity index (χ0n) is 11.0. The Morgan fingerprint density at radius 3 is 2.58 bits per heavy atom. The van der Waals surface area contributed by atoms with E-state index < -0.39 is 22.6 Å². The number of nitrogens with zero attached hydrogens (tertiary/aromatic N) is 1. The molecule has 1 rings (SSSR count). The van der Waals surface area contributed by atoms with E-state index in [-0.39, 0.29) is 11.4 Å². The fourth-order valence-corrected chi connectivity index (χ4v) is 1.40. The summed E-state index contributed by atoms with van der Waals surface area (Å²) < 4.78 is 5.45. The molecule has 0 bridgehead atoms. The third-order valence-corrected chi connectivity index (χ3v) is 2.33. The van der Waals surface area contributed by atoms with E-state index in [2.05, 4.69) is 5.32 Å². The van der Waals surface area contributed by atoms with Gasteiger partial charge < -0.3 is 15.8 Å². The predicted molar refractivity (Wildman–Crippen MR) is 69.6 cm³/mol. The lowest BCUT2D eigenvalue weighted by molar-refractivity contribution is -0.386. The minimum absolute atomic E-state index is 0.0392. The Labute approximate surface area is 110 Å². The number of benzene rings is 1. The van der Waals surface area contributed by atoms with Crippen molar-refractivity contribution in [2.24, 2.45) is 5.73 Å². The zero-order valence-corrected chi connectivity index (χ0v) is 11.0. The first-order valence-corrected chi connectivity index (χ1v) is 5.73. The van der Waals surface area contributed by atoms with Crippen LogP contribution in [0.3, 0.4) is 0 Å². The van der Waals surface area contributed by atoms with Crippen LogP contribution in [0.25, 0.3) is 0 Å². The Hall–Kier alpha value is -2.15. The fourth-order valence-electron chi connectivity index (χ4n) is 1.40. The molecule has 1 unspecified atom stereocenters. The third-order valence-electron chi connectivity index (χ3n) is 2.33. The van der Waals surface area contributed by atoms with Gasteiger partial charge in [-0.15, -0.1) is 0 Å². The number of amides is 1. The Morgan fingerprint density at radius 1 is 1.47 bits per heavy atom. The summed E-state index contributed by atoms with van der Waals surface area (Å²) in [6.45, 7) is 4.64. The maximum atomic E-state index is 11.9. The predicted octanol–water partition coefficient (Wildman–Crippen LogP) is 1.17. The standard InChI is InChI=1S/C12H17N3O4/c1-8(13)14-11(16)12(2,3)19-10-7-5-4-6-9(10)15(17)18/h4-8H,13H2,1-3H3,(H,14,16). The van der Waals surface area contributed by atoms with E-state index in [4.69, 9.17) is 10.5 Å². The van der Waals surface area contributed by atoms with Gasteiger partial charge in [-0.1, -0.05) is 12.1 Å². The molecule has 0 aliphatic heterocycles. The summed E-state index contributed by atoms with van der Waals surface area (Å²) in [7, 11) is 0. The Morgan fingerprint density at radius 2 is 2.05 bits per heavy atom. The van der Waals surface area contributed by atoms with Crippen molar-refractivity contribution >= 4 is 11.6 Å². The van der Waals surface area contributed by atoms with Gasteiger partial charge >= 0.3 is 5.69 Å². The van der Waals surface area contributed by atoms with Crippen LogP contribution in [0.1, 0.15) is 20.8 Å². The fraction of sp³-hybridized carbons (Fsp3) is 0.417. The Bertz CT molecular complexity index is 486. The van der Waals surface area contributed by atoms with Gasteiger partial charge in [0.1, 0.15) is 0 Å². The minimum Gasteiger partial charge on any atom is -0.471 e. The highest BCUT2D eigenvalue weighted by atomic mass is 16.6. The lowest BCUT2D eigenvalue weighted by atomic mass is 10.1. The average molecular weight is 267 g/mol. The van der Waals surface area contributed by atoms with E-state index in [9.17, 15) is 14.9 Å². The van der Waals surface area contributed by atoms with E-state index >= 15 is 0 Å². The first kappa shape index (κ1) is 14.9. The SMILES string of the molecule is CC(N)NC(=O)C(C)(C)Oc1ccccc1[N+](=O)[O-]. The maximum absolute atomic E-state index is 11.9. The lowest BCUT2D eigenvalue weighted by Crippen LogP contribution is -2.51. The van der Waals surface area contributed by atoms with Crippen molar-refractivity contribution < 1.29 is 14.5 Å². The van der Waals surface area contributed by atoms with E-state index in [1.54, 1.807) is 13.0 Å². The molecular weight excluding hydrogens is 250 g/mol. The van der Waals surface area contributed by atoms with Crippen LogP contribution in [0, 0.1) is 10.1 Å². The summed E-state index contributed by atoms with van der Waals surface area (Å²) in [5, 5.41) is 13.4. The molecule has 19 heavy (non-hydrogen) atoms. The number of carbonyl (C=O) groups excluding carboxylic acids is 1. The number of hydrogen-bond donors (Lipinski definition) is 2. The van der Waals surface area contributed by atoms with Crippen LogP contribution in [0.15, 0.2) is 24.3 Å². The number of carbonyl (C=O) groups is 1. The average Bonchev–Trinajstić information content (AvgIpc) is 2.27. The molecule has 0 saturated heterocycles. The molecule has 0 aliphatic rings. The van der Waals surface area contributed by atoms with Gasteiger partial charge in [0.2, 0.25) is 0 Å². The number of ether oxygens (including phenoxy) is 1. The van der Waals surface area contributed by atoms with Gasteiger partial charge in [-0.25, -0.2) is 0 Å². The second-order valence-electron chi connectivity index (χ2n) is 4.60. The van der Waals surface area contributed by atoms with Crippen molar-refractivity contribution in [2.45, 2.75) is 32.5 Å². The third kappa shape index (κ3) is 3.92. The van der Waals surface area contributed by atoms with Crippen molar-refractivity contribution in [1.29, 1.82) is 0 Å². The van der Waals surface area contributed by atoms with Gasteiger partial charge in [0.25, 0.3) is 5.91 Å². The Balaban J connectivity index is 2.95. The molecule has 0 aromatic heterocycles. The van der Waals surface area contributed by atoms with Gasteiger partial charge in [0.15, 0.2) is 11.4 Å². The molecule has 7 heteroatoms. The first-order chi connectivity index (χ1) is 8.74. The van der Waals surface area contributed by atoms with Gasteiger partial charge in [0, 0.05) is 6.07 Å². The molecule has 0 fully saturated rings. The number of nitro benzene ring substituents is 1. The lowest BCUT2D eigenvalue weighted by Gasteiger charge is -2.26. The normalized spacial score (nSPS) is 12.6. The van der Waals surface area contributed by atoms with Crippen LogP contribution in [-0.4, -0.2) is 22.6 Å². The number of nitrogens with two attached hydrogens (primary N) is 1. The highest BCUT2D eigenvalue weighted by Gasteiger charge is 2.32. The summed E-state index contributed by atoms with van der Waals surface area (Å²) in [4.78, 5) is 22.2. The molecule has 1 aromatic carbocycles. The van der Waals surface area contributed by atoms with E-state index in [1.165, 1.54) is 32.0 Å². The molecule has 0 radical (unpaired) electrons. The number of rotatable bonds is 5. The Kier molecular flexibility index (Phi) is 4.44. The van der Waals surface area contributed by atoms with Gasteiger partial charge in [-0.2, -0.15) is 0 Å². The van der Waals surface area contributed by atoms with Crippen LogP contribution in [-0.2, 0) is 4.79 Å². The summed E-state index contributed by atoms with van der Waals surface area (Å²) in [5.74, 6) is -0.405. The van der Waals surface area contributed by atoms with Crippen LogP contribution in [0.2, 0.25) is 0 Å². The number of nitrogens with one attached hydrogen (secondary N) is 1. The van der Waals surface area contributed by atoms with Gasteiger partial charge in [-0.05, 0) is 26.8 Å². The largest absolute Gasteiger partial charge is 0.471 e. The number of para-hydroxylation sites is 2. The van der Waals surface area contributed by atoms with Gasteiger partial charge in [-0.3, -0.25) is 14.9 Å². The van der Waals surface area contributed by atoms with Crippen molar-refractivity contribution in [1.82, 2.24) is 5.32 Å². The minimum atomic E-state index is -1.26. The number of hydrogen-bond acceptors (Lipinski definition) is 5. The molecule has 1 amide bonds. The quantitative estimate of drug-likeness (QED) is 0.473. The molecule has 7 nitrogen and oxygen atoms in total. The van der Waals surface area contributed by atoms with Crippen molar-refractivity contribution in [3.8, 4) is 5.75 Å². The van der Waals surface area contributed by atoms with E-state index in [0.29, 0.717) is 0 Å². The molecule has 1 aromatic rings. The highest BCUT2D eigenvalue weighted by molar-refractivity contribution is 5.85. The summed E-state index contributed by atoms with van der Waals surface area (Å²) in [6, 6.07) is 5.88. The van der Waals surface area contributed by atoms with Crippen molar-refractivity contribution in [3.05, 3.63) is 34.4 Å². The van der Waals surface area contributed by atoms with Crippen LogP contribution < -0.4 is 15.8 Å². The second-order valence-corrected chi connectivity index (χ2v) is 4.60. The van der Waals surface area contributed by atoms with Crippen LogP contribution in [0.5, 0.6) is 5.75 Å². The molecule has 0 aliphatic carbocycles. The van der Waals surface area contributed by atoms with Gasteiger partial charge in [0.05, 0.1) is 11.1 Å². The van der Waals surface area contributed by atoms with Crippen molar-refractivity contribution in [3.63, 3.8) is 0 Å². The smallest absolute Gasteiger partial charge is 0.310 e. The summed E-state index contributed by atoms with van der Waals surface area (Å²) >= 11 is 0. The highest BCUT2D eigenvalue weighted by Crippen LogP contribution is 2.29. The molecule has 0 heterocycles. The van der Waals surface area contributed by atoms with E-state index in [1.807, 2.05) is 0 Å². The van der Waals surface area contributed by atoms with Crippen LogP contribution >= 0.6 is 0 Å². The van der Waals surface area contributed by atoms with E-state index in [0.717, 1.165) is 0 Å². The maximum Gasteiger partial charge on any atom is 0.310 e. The molecule has 1 atom stereocenters. The molecule has 3 N–H and O–H groups in total. The molecule has 104 valence electrons. The topological polar surface area (TPSA) is 107 Å².